The van der Waals surface area contributed by atoms with Crippen LogP contribution in [0.5, 0.6) is 0 Å². The predicted octanol–water partition coefficient (Wildman–Crippen LogP) is 5.53. The Morgan fingerprint density at radius 2 is 1.91 bits per heavy atom. The van der Waals surface area contributed by atoms with Gasteiger partial charge in [-0.15, -0.1) is 0 Å². The van der Waals surface area contributed by atoms with E-state index < -0.39 is 5.79 Å². The molecule has 2 nitrogen and oxygen atoms in total. The molecule has 1 saturated heterocycles. The maximum absolute atomic E-state index is 6.17. The highest BCUT2D eigenvalue weighted by molar-refractivity contribution is 5.21. The Morgan fingerprint density at radius 1 is 1.18 bits per heavy atom. The predicted molar refractivity (Wildman–Crippen MR) is 92.0 cm³/mol. The van der Waals surface area contributed by atoms with E-state index in [0.29, 0.717) is 12.5 Å². The molecular formula is C20H32O2. The minimum Gasteiger partial charge on any atom is -0.348 e. The van der Waals surface area contributed by atoms with Crippen molar-refractivity contribution in [2.75, 3.05) is 6.61 Å². The van der Waals surface area contributed by atoms with Crippen LogP contribution in [0.25, 0.3) is 0 Å². The van der Waals surface area contributed by atoms with Crippen molar-refractivity contribution in [2.45, 2.75) is 77.6 Å². The summed E-state index contributed by atoms with van der Waals surface area (Å²) in [5.74, 6) is 0.715. The molecule has 3 unspecified atom stereocenters. The van der Waals surface area contributed by atoms with E-state index in [2.05, 4.69) is 44.2 Å². The topological polar surface area (TPSA) is 18.5 Å². The van der Waals surface area contributed by atoms with Crippen molar-refractivity contribution in [1.82, 2.24) is 0 Å². The van der Waals surface area contributed by atoms with E-state index in [-0.39, 0.29) is 6.10 Å². The van der Waals surface area contributed by atoms with Crippen LogP contribution in [0.4, 0.5) is 0 Å². The monoisotopic (exact) mass is 304 g/mol. The molecule has 1 aliphatic heterocycles. The zero-order valence-corrected chi connectivity index (χ0v) is 14.7. The van der Waals surface area contributed by atoms with Crippen LogP contribution in [0.15, 0.2) is 30.3 Å². The van der Waals surface area contributed by atoms with Crippen LogP contribution >= 0.6 is 0 Å². The van der Waals surface area contributed by atoms with Crippen molar-refractivity contribution in [3.63, 3.8) is 0 Å². The smallest absolute Gasteiger partial charge is 0.163 e. The van der Waals surface area contributed by atoms with Crippen molar-refractivity contribution in [1.29, 1.82) is 0 Å². The van der Waals surface area contributed by atoms with Gasteiger partial charge in [-0.05, 0) is 31.7 Å². The highest BCUT2D eigenvalue weighted by Gasteiger charge is 2.38. The van der Waals surface area contributed by atoms with Crippen LogP contribution in [0.1, 0.15) is 71.3 Å². The molecule has 1 fully saturated rings. The van der Waals surface area contributed by atoms with Gasteiger partial charge in [0.1, 0.15) is 0 Å². The van der Waals surface area contributed by atoms with Crippen molar-refractivity contribution in [3.8, 4) is 0 Å². The molecule has 0 N–H and O–H groups in total. The fourth-order valence-corrected chi connectivity index (χ4v) is 3.41. The molecule has 0 aliphatic carbocycles. The van der Waals surface area contributed by atoms with E-state index in [9.17, 15) is 0 Å². The first-order valence-electron chi connectivity index (χ1n) is 8.88. The molecule has 1 aliphatic rings. The van der Waals surface area contributed by atoms with E-state index in [1.807, 2.05) is 13.8 Å². The van der Waals surface area contributed by atoms with Crippen LogP contribution in [-0.2, 0) is 9.47 Å². The number of unbranched alkanes of at least 4 members (excludes halogenated alkanes) is 2. The summed E-state index contributed by atoms with van der Waals surface area (Å²) in [5, 5.41) is 0. The second kappa shape index (κ2) is 8.12. The van der Waals surface area contributed by atoms with Gasteiger partial charge in [0.2, 0.25) is 0 Å². The second-order valence-electron chi connectivity index (χ2n) is 7.22. The maximum Gasteiger partial charge on any atom is 0.163 e. The highest BCUT2D eigenvalue weighted by atomic mass is 16.7. The quantitative estimate of drug-likeness (QED) is 0.588. The molecule has 0 bridgehead atoms. The Morgan fingerprint density at radius 3 is 2.50 bits per heavy atom. The van der Waals surface area contributed by atoms with E-state index in [1.165, 1.54) is 37.7 Å². The van der Waals surface area contributed by atoms with Gasteiger partial charge in [0.05, 0.1) is 12.7 Å². The average Bonchev–Trinajstić information content (AvgIpc) is 2.86. The zero-order chi connectivity index (χ0) is 16.0. The molecule has 0 radical (unpaired) electrons. The molecule has 0 saturated carbocycles. The van der Waals surface area contributed by atoms with Gasteiger partial charge in [0.25, 0.3) is 0 Å². The largest absolute Gasteiger partial charge is 0.348 e. The summed E-state index contributed by atoms with van der Waals surface area (Å²) in [6.45, 7) is 9.38. The van der Waals surface area contributed by atoms with E-state index >= 15 is 0 Å². The van der Waals surface area contributed by atoms with Crippen molar-refractivity contribution >= 4 is 0 Å². The molecule has 0 amide bonds. The third-order valence-corrected chi connectivity index (χ3v) is 4.66. The van der Waals surface area contributed by atoms with E-state index in [1.54, 1.807) is 0 Å². The van der Waals surface area contributed by atoms with Gasteiger partial charge in [0, 0.05) is 5.92 Å². The highest BCUT2D eigenvalue weighted by Crippen LogP contribution is 2.36. The lowest BCUT2D eigenvalue weighted by Gasteiger charge is -2.27. The minimum absolute atomic E-state index is 0.172. The van der Waals surface area contributed by atoms with Gasteiger partial charge >= 0.3 is 0 Å². The van der Waals surface area contributed by atoms with E-state index in [0.717, 1.165) is 5.92 Å². The maximum atomic E-state index is 6.17. The first kappa shape index (κ1) is 17.5. The summed E-state index contributed by atoms with van der Waals surface area (Å²) >= 11 is 0. The third kappa shape index (κ3) is 5.10. The zero-order valence-electron chi connectivity index (χ0n) is 14.7. The Labute approximate surface area is 136 Å². The van der Waals surface area contributed by atoms with Crippen molar-refractivity contribution in [2.24, 2.45) is 5.92 Å². The van der Waals surface area contributed by atoms with Crippen LogP contribution < -0.4 is 0 Å². The SMILES string of the molecule is CCCCCC(C)CC(c1ccccc1)C1COC(C)(C)O1. The van der Waals surface area contributed by atoms with Crippen molar-refractivity contribution < 1.29 is 9.47 Å². The number of ether oxygens (including phenoxy) is 2. The van der Waals surface area contributed by atoms with Crippen LogP contribution in [0.3, 0.4) is 0 Å². The molecule has 2 rings (SSSR count). The standard InChI is InChI=1S/C20H32O2/c1-5-6-8-11-16(2)14-18(17-12-9-7-10-13-17)19-15-21-20(3,4)22-19/h7,9-10,12-13,16,18-19H,5-6,8,11,14-15H2,1-4H3. The van der Waals surface area contributed by atoms with Crippen LogP contribution in [-0.4, -0.2) is 18.5 Å². The van der Waals surface area contributed by atoms with Gasteiger partial charge < -0.3 is 9.47 Å². The molecule has 0 aromatic heterocycles. The lowest BCUT2D eigenvalue weighted by Crippen LogP contribution is -2.26. The molecule has 124 valence electrons. The molecule has 2 heteroatoms. The molecule has 1 aromatic rings. The molecule has 0 spiro atoms. The summed E-state index contributed by atoms with van der Waals surface area (Å²) in [5.41, 5.74) is 1.39. The minimum atomic E-state index is -0.441. The van der Waals surface area contributed by atoms with Gasteiger partial charge in [-0.1, -0.05) is 69.9 Å². The Bertz CT molecular complexity index is 427. The summed E-state index contributed by atoms with van der Waals surface area (Å²) in [7, 11) is 0. The molecule has 22 heavy (non-hydrogen) atoms. The Hall–Kier alpha value is -0.860. The fourth-order valence-electron chi connectivity index (χ4n) is 3.41. The third-order valence-electron chi connectivity index (χ3n) is 4.66. The lowest BCUT2D eigenvalue weighted by atomic mass is 9.84. The van der Waals surface area contributed by atoms with Crippen LogP contribution in [0.2, 0.25) is 0 Å². The normalized spacial score (nSPS) is 23.4. The number of hydrogen-bond donors (Lipinski definition) is 0. The molecule has 3 atom stereocenters. The molecule has 1 heterocycles. The van der Waals surface area contributed by atoms with E-state index in [4.69, 9.17) is 9.47 Å². The summed E-state index contributed by atoms with van der Waals surface area (Å²) in [6, 6.07) is 10.8. The number of rotatable bonds is 8. The number of benzene rings is 1. The van der Waals surface area contributed by atoms with Gasteiger partial charge in [0.15, 0.2) is 5.79 Å². The molecule has 1 aromatic carbocycles. The summed E-state index contributed by atoms with van der Waals surface area (Å²) in [6.07, 6.45) is 6.64. The average molecular weight is 304 g/mol. The summed E-state index contributed by atoms with van der Waals surface area (Å²) < 4.78 is 12.0. The van der Waals surface area contributed by atoms with Crippen LogP contribution in [0, 0.1) is 5.92 Å². The lowest BCUT2D eigenvalue weighted by molar-refractivity contribution is -0.141. The van der Waals surface area contributed by atoms with Crippen molar-refractivity contribution in [3.05, 3.63) is 35.9 Å². The summed E-state index contributed by atoms with van der Waals surface area (Å²) in [4.78, 5) is 0. The second-order valence-corrected chi connectivity index (χ2v) is 7.22. The fraction of sp³-hybridized carbons (Fsp3) is 0.700. The van der Waals surface area contributed by atoms with Gasteiger partial charge in [-0.2, -0.15) is 0 Å². The Kier molecular flexibility index (Phi) is 6.46. The first-order chi connectivity index (χ1) is 10.5. The Balaban J connectivity index is 2.03. The first-order valence-corrected chi connectivity index (χ1v) is 8.88. The van der Waals surface area contributed by atoms with Gasteiger partial charge in [-0.25, -0.2) is 0 Å². The molecular weight excluding hydrogens is 272 g/mol. The number of hydrogen-bond acceptors (Lipinski definition) is 2. The van der Waals surface area contributed by atoms with Gasteiger partial charge in [-0.3, -0.25) is 0 Å².